The molecular weight excluding hydrogens is 214 g/mol. The summed E-state index contributed by atoms with van der Waals surface area (Å²) in [6, 6.07) is 3.93. The van der Waals surface area contributed by atoms with Gasteiger partial charge in [0.1, 0.15) is 0 Å². The van der Waals surface area contributed by atoms with Gasteiger partial charge in [0.15, 0.2) is 5.65 Å². The first-order valence-electron chi connectivity index (χ1n) is 6.12. The van der Waals surface area contributed by atoms with Crippen molar-refractivity contribution in [2.24, 2.45) is 11.7 Å². The van der Waals surface area contributed by atoms with Crippen LogP contribution in [0.15, 0.2) is 18.3 Å². The second kappa shape index (κ2) is 4.33. The van der Waals surface area contributed by atoms with Crippen LogP contribution in [0.25, 0.3) is 11.2 Å². The summed E-state index contributed by atoms with van der Waals surface area (Å²) >= 11 is 0. The number of anilines is 1. The van der Waals surface area contributed by atoms with Crippen molar-refractivity contribution < 1.29 is 0 Å². The molecule has 5 heteroatoms. The molecule has 0 atom stereocenters. The molecule has 3 heterocycles. The van der Waals surface area contributed by atoms with Crippen LogP contribution in [-0.4, -0.2) is 34.6 Å². The fraction of sp³-hybridized carbons (Fsp3) is 0.500. The van der Waals surface area contributed by atoms with Crippen molar-refractivity contribution >= 4 is 17.1 Å². The molecule has 1 fully saturated rings. The van der Waals surface area contributed by atoms with Gasteiger partial charge in [-0.2, -0.15) is 4.98 Å². The Labute approximate surface area is 100 Å². The van der Waals surface area contributed by atoms with Gasteiger partial charge in [-0.3, -0.25) is 0 Å². The molecule has 2 aromatic heterocycles. The Bertz CT molecular complexity index is 465. The zero-order chi connectivity index (χ0) is 11.7. The summed E-state index contributed by atoms with van der Waals surface area (Å²) in [5.74, 6) is 1.61. The minimum atomic E-state index is 0.675. The van der Waals surface area contributed by atoms with Crippen molar-refractivity contribution in [1.29, 1.82) is 0 Å². The first-order chi connectivity index (χ1) is 8.36. The second-order valence-electron chi connectivity index (χ2n) is 4.60. The van der Waals surface area contributed by atoms with E-state index in [0.717, 1.165) is 49.6 Å². The van der Waals surface area contributed by atoms with Gasteiger partial charge in [-0.25, -0.2) is 4.98 Å². The van der Waals surface area contributed by atoms with Crippen LogP contribution in [0.4, 0.5) is 5.95 Å². The molecular formula is C12H17N5. The molecule has 1 aliphatic rings. The predicted molar refractivity (Wildman–Crippen MR) is 67.9 cm³/mol. The van der Waals surface area contributed by atoms with Crippen LogP contribution in [-0.2, 0) is 0 Å². The maximum absolute atomic E-state index is 5.70. The average molecular weight is 231 g/mol. The van der Waals surface area contributed by atoms with Gasteiger partial charge in [0.25, 0.3) is 0 Å². The molecule has 90 valence electrons. The number of nitrogens with zero attached hydrogens (tertiary/aromatic N) is 3. The topological polar surface area (TPSA) is 70.8 Å². The van der Waals surface area contributed by atoms with E-state index >= 15 is 0 Å². The van der Waals surface area contributed by atoms with Crippen LogP contribution in [0.1, 0.15) is 12.8 Å². The minimum Gasteiger partial charge on any atom is -0.342 e. The van der Waals surface area contributed by atoms with Crippen molar-refractivity contribution in [3.8, 4) is 0 Å². The summed E-state index contributed by atoms with van der Waals surface area (Å²) in [5, 5.41) is 0. The molecule has 1 saturated heterocycles. The quantitative estimate of drug-likeness (QED) is 0.813. The number of imidazole rings is 1. The second-order valence-corrected chi connectivity index (χ2v) is 4.60. The first kappa shape index (κ1) is 10.5. The molecule has 1 aliphatic heterocycles. The number of pyridine rings is 1. The Morgan fingerprint density at radius 3 is 2.94 bits per heavy atom. The van der Waals surface area contributed by atoms with Gasteiger partial charge >= 0.3 is 0 Å². The van der Waals surface area contributed by atoms with Gasteiger partial charge in [-0.05, 0) is 37.4 Å². The summed E-state index contributed by atoms with van der Waals surface area (Å²) < 4.78 is 0. The summed E-state index contributed by atoms with van der Waals surface area (Å²) in [5.41, 5.74) is 7.49. The zero-order valence-corrected chi connectivity index (χ0v) is 9.76. The normalized spacial score (nSPS) is 17.8. The van der Waals surface area contributed by atoms with Crippen LogP contribution in [0.5, 0.6) is 0 Å². The Kier molecular flexibility index (Phi) is 2.68. The number of rotatable bonds is 2. The van der Waals surface area contributed by atoms with Gasteiger partial charge in [-0.15, -0.1) is 0 Å². The molecule has 3 N–H and O–H groups in total. The molecule has 0 spiro atoms. The Morgan fingerprint density at radius 1 is 1.41 bits per heavy atom. The highest BCUT2D eigenvalue weighted by atomic mass is 15.3. The number of hydrogen-bond acceptors (Lipinski definition) is 4. The van der Waals surface area contributed by atoms with E-state index in [0.29, 0.717) is 5.92 Å². The van der Waals surface area contributed by atoms with E-state index in [-0.39, 0.29) is 0 Å². The van der Waals surface area contributed by atoms with Crippen LogP contribution in [0.3, 0.4) is 0 Å². The van der Waals surface area contributed by atoms with Gasteiger partial charge < -0.3 is 15.6 Å². The Balaban J connectivity index is 1.80. The highest BCUT2D eigenvalue weighted by Gasteiger charge is 2.20. The van der Waals surface area contributed by atoms with Crippen molar-refractivity contribution in [2.75, 3.05) is 24.5 Å². The number of nitrogens with two attached hydrogens (primary N) is 1. The zero-order valence-electron chi connectivity index (χ0n) is 9.76. The molecule has 2 aromatic rings. The first-order valence-corrected chi connectivity index (χ1v) is 6.12. The van der Waals surface area contributed by atoms with Crippen LogP contribution < -0.4 is 10.6 Å². The molecule has 5 nitrogen and oxygen atoms in total. The summed E-state index contributed by atoms with van der Waals surface area (Å²) in [6.45, 7) is 2.86. The molecule has 0 saturated carbocycles. The number of nitrogens with one attached hydrogen (secondary N) is 1. The SMILES string of the molecule is NCC1CCN(c2nc3ncccc3[nH]2)CC1. The number of aromatic amines is 1. The van der Waals surface area contributed by atoms with E-state index < -0.39 is 0 Å². The lowest BCUT2D eigenvalue weighted by Gasteiger charge is -2.30. The highest BCUT2D eigenvalue weighted by Crippen LogP contribution is 2.22. The predicted octanol–water partition coefficient (Wildman–Crippen LogP) is 1.13. The third kappa shape index (κ3) is 1.98. The van der Waals surface area contributed by atoms with E-state index in [1.165, 1.54) is 0 Å². The summed E-state index contributed by atoms with van der Waals surface area (Å²) in [7, 11) is 0. The number of piperidine rings is 1. The lowest BCUT2D eigenvalue weighted by atomic mass is 9.97. The molecule has 3 rings (SSSR count). The highest BCUT2D eigenvalue weighted by molar-refractivity contribution is 5.73. The summed E-state index contributed by atoms with van der Waals surface area (Å²) in [6.07, 6.45) is 4.08. The monoisotopic (exact) mass is 231 g/mol. The number of hydrogen-bond donors (Lipinski definition) is 2. The molecule has 0 amide bonds. The van der Waals surface area contributed by atoms with E-state index in [2.05, 4.69) is 19.9 Å². The Morgan fingerprint density at radius 2 is 2.24 bits per heavy atom. The lowest BCUT2D eigenvalue weighted by molar-refractivity contribution is 0.412. The van der Waals surface area contributed by atoms with Crippen LogP contribution in [0, 0.1) is 5.92 Å². The van der Waals surface area contributed by atoms with Crippen molar-refractivity contribution in [3.63, 3.8) is 0 Å². The third-order valence-corrected chi connectivity index (χ3v) is 3.49. The van der Waals surface area contributed by atoms with Crippen molar-refractivity contribution in [1.82, 2.24) is 15.0 Å². The fourth-order valence-corrected chi connectivity index (χ4v) is 2.36. The standard InChI is InChI=1S/C12H17N5/c13-8-9-3-6-17(7-4-9)12-15-10-2-1-5-14-11(10)16-12/h1-2,5,9H,3-4,6-8,13H2,(H,14,15,16). The number of H-pyrrole nitrogens is 1. The molecule has 0 aliphatic carbocycles. The van der Waals surface area contributed by atoms with Crippen LogP contribution in [0.2, 0.25) is 0 Å². The summed E-state index contributed by atoms with van der Waals surface area (Å²) in [4.78, 5) is 14.4. The Hall–Kier alpha value is -1.62. The van der Waals surface area contributed by atoms with E-state index in [1.54, 1.807) is 6.20 Å². The average Bonchev–Trinajstić information content (AvgIpc) is 2.82. The van der Waals surface area contributed by atoms with E-state index in [1.807, 2.05) is 12.1 Å². The van der Waals surface area contributed by atoms with E-state index in [9.17, 15) is 0 Å². The van der Waals surface area contributed by atoms with Gasteiger partial charge in [-0.1, -0.05) is 0 Å². The minimum absolute atomic E-state index is 0.675. The maximum atomic E-state index is 5.70. The van der Waals surface area contributed by atoms with Gasteiger partial charge in [0.2, 0.25) is 5.95 Å². The number of fused-ring (bicyclic) bond motifs is 1. The van der Waals surface area contributed by atoms with Gasteiger partial charge in [0, 0.05) is 19.3 Å². The maximum Gasteiger partial charge on any atom is 0.205 e. The molecule has 0 aromatic carbocycles. The van der Waals surface area contributed by atoms with Crippen molar-refractivity contribution in [2.45, 2.75) is 12.8 Å². The lowest BCUT2D eigenvalue weighted by Crippen LogP contribution is -2.36. The molecule has 0 unspecified atom stereocenters. The molecule has 0 bridgehead atoms. The molecule has 0 radical (unpaired) electrons. The number of aromatic nitrogens is 3. The molecule has 17 heavy (non-hydrogen) atoms. The van der Waals surface area contributed by atoms with Crippen LogP contribution >= 0.6 is 0 Å². The fourth-order valence-electron chi connectivity index (χ4n) is 2.36. The van der Waals surface area contributed by atoms with E-state index in [4.69, 9.17) is 5.73 Å². The van der Waals surface area contributed by atoms with Gasteiger partial charge in [0.05, 0.1) is 5.52 Å². The van der Waals surface area contributed by atoms with Crippen molar-refractivity contribution in [3.05, 3.63) is 18.3 Å². The smallest absolute Gasteiger partial charge is 0.205 e. The third-order valence-electron chi connectivity index (χ3n) is 3.49. The largest absolute Gasteiger partial charge is 0.342 e.